The second-order valence-corrected chi connectivity index (χ2v) is 5.54. The first-order chi connectivity index (χ1) is 10.3. The Kier molecular flexibility index (Phi) is 4.81. The highest BCUT2D eigenvalue weighted by atomic mass is 35.5. The minimum absolute atomic E-state index is 0.00412. The fraction of sp³-hybridized carbons (Fsp3) is 0. The first kappa shape index (κ1) is 16.4. The van der Waals surface area contributed by atoms with Gasteiger partial charge < -0.3 is 16.2 Å². The second-order valence-electron chi connectivity index (χ2n) is 4.26. The Morgan fingerprint density at radius 1 is 0.864 bits per heavy atom. The summed E-state index contributed by atoms with van der Waals surface area (Å²) in [4.78, 5) is 24.0. The van der Waals surface area contributed by atoms with Crippen LogP contribution in [-0.4, -0.2) is 11.9 Å². The van der Waals surface area contributed by atoms with Crippen molar-refractivity contribution in [3.63, 3.8) is 0 Å². The molecule has 5 nitrogen and oxygen atoms in total. The first-order valence-corrected chi connectivity index (χ1v) is 6.99. The average molecular weight is 360 g/mol. The van der Waals surface area contributed by atoms with Crippen LogP contribution in [0.1, 0.15) is 20.7 Å². The molecule has 2 aromatic rings. The van der Waals surface area contributed by atoms with E-state index in [0.29, 0.717) is 5.02 Å². The van der Waals surface area contributed by atoms with Gasteiger partial charge in [-0.3, -0.25) is 0 Å². The topological polar surface area (TPSA) is 95.4 Å². The van der Waals surface area contributed by atoms with Crippen molar-refractivity contribution in [2.75, 3.05) is 11.5 Å². The monoisotopic (exact) mass is 358 g/mol. The number of halogens is 3. The lowest BCUT2D eigenvalue weighted by molar-refractivity contribution is 0.0399. The lowest BCUT2D eigenvalue weighted by Crippen LogP contribution is -2.15. The fourth-order valence-corrected chi connectivity index (χ4v) is 2.34. The Balaban J connectivity index is 2.27. The van der Waals surface area contributed by atoms with Crippen molar-refractivity contribution < 1.29 is 14.3 Å². The molecule has 2 aromatic carbocycles. The Morgan fingerprint density at radius 3 is 2.14 bits per heavy atom. The second kappa shape index (κ2) is 6.44. The molecule has 2 rings (SSSR count). The summed E-state index contributed by atoms with van der Waals surface area (Å²) in [5, 5.41) is 0.619. The number of hydrogen-bond donors (Lipinski definition) is 2. The summed E-state index contributed by atoms with van der Waals surface area (Å²) in [7, 11) is 0. The van der Waals surface area contributed by atoms with E-state index in [1.165, 1.54) is 30.3 Å². The SMILES string of the molecule is Nc1cc(Cl)ccc1C(=O)OC(=O)c1cc(Cl)cc(Cl)c1N. The largest absolute Gasteiger partial charge is 0.398 e. The summed E-state index contributed by atoms with van der Waals surface area (Å²) in [6.07, 6.45) is 0. The number of ether oxygens (including phenoxy) is 1. The molecule has 0 saturated carbocycles. The first-order valence-electron chi connectivity index (χ1n) is 5.85. The van der Waals surface area contributed by atoms with Crippen LogP contribution in [0.4, 0.5) is 11.4 Å². The highest BCUT2D eigenvalue weighted by Gasteiger charge is 2.20. The minimum atomic E-state index is -0.985. The van der Waals surface area contributed by atoms with E-state index in [4.69, 9.17) is 51.0 Å². The Bertz CT molecular complexity index is 778. The van der Waals surface area contributed by atoms with Gasteiger partial charge >= 0.3 is 11.9 Å². The maximum absolute atomic E-state index is 12.0. The van der Waals surface area contributed by atoms with Crippen LogP contribution in [-0.2, 0) is 4.74 Å². The van der Waals surface area contributed by atoms with Gasteiger partial charge in [-0.1, -0.05) is 34.8 Å². The molecule has 0 amide bonds. The molecular formula is C14H9Cl3N2O3. The minimum Gasteiger partial charge on any atom is -0.398 e. The van der Waals surface area contributed by atoms with Crippen LogP contribution in [0.5, 0.6) is 0 Å². The van der Waals surface area contributed by atoms with Gasteiger partial charge in [-0.2, -0.15) is 0 Å². The summed E-state index contributed by atoms with van der Waals surface area (Å²) < 4.78 is 4.74. The van der Waals surface area contributed by atoms with Crippen molar-refractivity contribution in [2.45, 2.75) is 0 Å². The van der Waals surface area contributed by atoms with E-state index in [1.54, 1.807) is 0 Å². The third kappa shape index (κ3) is 3.44. The molecule has 0 radical (unpaired) electrons. The maximum Gasteiger partial charge on any atom is 0.348 e. The number of carbonyl (C=O) groups is 2. The van der Waals surface area contributed by atoms with Crippen LogP contribution >= 0.6 is 34.8 Å². The fourth-order valence-electron chi connectivity index (χ4n) is 1.67. The number of rotatable bonds is 2. The molecular weight excluding hydrogens is 351 g/mol. The molecule has 0 aliphatic rings. The molecule has 0 unspecified atom stereocenters. The van der Waals surface area contributed by atoms with Gasteiger partial charge in [-0.25, -0.2) is 9.59 Å². The zero-order valence-corrected chi connectivity index (χ0v) is 13.2. The highest BCUT2D eigenvalue weighted by Crippen LogP contribution is 2.28. The predicted molar refractivity (Wildman–Crippen MR) is 86.5 cm³/mol. The van der Waals surface area contributed by atoms with E-state index < -0.39 is 11.9 Å². The molecule has 0 heterocycles. The van der Waals surface area contributed by atoms with E-state index in [-0.39, 0.29) is 32.5 Å². The number of benzene rings is 2. The van der Waals surface area contributed by atoms with E-state index >= 15 is 0 Å². The van der Waals surface area contributed by atoms with Gasteiger partial charge in [0.25, 0.3) is 0 Å². The van der Waals surface area contributed by atoms with E-state index in [1.807, 2.05) is 0 Å². The van der Waals surface area contributed by atoms with Gasteiger partial charge in [0.1, 0.15) is 0 Å². The average Bonchev–Trinajstić information content (AvgIpc) is 2.42. The molecule has 0 spiro atoms. The van der Waals surface area contributed by atoms with Crippen molar-refractivity contribution >= 4 is 58.1 Å². The van der Waals surface area contributed by atoms with Crippen LogP contribution in [0, 0.1) is 0 Å². The molecule has 8 heteroatoms. The van der Waals surface area contributed by atoms with Crippen LogP contribution in [0.25, 0.3) is 0 Å². The number of nitrogens with two attached hydrogens (primary N) is 2. The van der Waals surface area contributed by atoms with Crippen LogP contribution < -0.4 is 11.5 Å². The van der Waals surface area contributed by atoms with Crippen molar-refractivity contribution in [3.8, 4) is 0 Å². The lowest BCUT2D eigenvalue weighted by Gasteiger charge is -2.09. The molecule has 0 bridgehead atoms. The van der Waals surface area contributed by atoms with E-state index in [2.05, 4.69) is 0 Å². The Labute approximate surface area is 140 Å². The third-order valence-corrected chi connectivity index (χ3v) is 3.50. The van der Waals surface area contributed by atoms with Crippen molar-refractivity contribution in [3.05, 3.63) is 56.5 Å². The number of carbonyl (C=O) groups excluding carboxylic acids is 2. The maximum atomic E-state index is 12.0. The van der Waals surface area contributed by atoms with Gasteiger partial charge in [0.2, 0.25) is 0 Å². The summed E-state index contributed by atoms with van der Waals surface area (Å²) in [6, 6.07) is 6.79. The molecule has 0 aromatic heterocycles. The van der Waals surface area contributed by atoms with Gasteiger partial charge in [-0.05, 0) is 30.3 Å². The Morgan fingerprint density at radius 2 is 1.50 bits per heavy atom. The lowest BCUT2D eigenvalue weighted by atomic mass is 10.1. The quantitative estimate of drug-likeness (QED) is 0.483. The highest BCUT2D eigenvalue weighted by molar-refractivity contribution is 6.37. The molecule has 0 aliphatic heterocycles. The molecule has 0 aliphatic carbocycles. The van der Waals surface area contributed by atoms with Gasteiger partial charge in [-0.15, -0.1) is 0 Å². The molecule has 22 heavy (non-hydrogen) atoms. The van der Waals surface area contributed by atoms with Gasteiger partial charge in [0.15, 0.2) is 0 Å². The van der Waals surface area contributed by atoms with Crippen molar-refractivity contribution in [1.29, 1.82) is 0 Å². The van der Waals surface area contributed by atoms with Crippen molar-refractivity contribution in [2.24, 2.45) is 0 Å². The van der Waals surface area contributed by atoms with Gasteiger partial charge in [0.05, 0.1) is 21.8 Å². The standard InChI is InChI=1S/C14H9Cl3N2O3/c15-6-1-2-8(11(18)5-6)13(20)22-14(21)9-3-7(16)4-10(17)12(9)19/h1-5H,18-19H2. The molecule has 0 saturated heterocycles. The summed E-state index contributed by atoms with van der Waals surface area (Å²) in [5.41, 5.74) is 11.3. The number of nitrogen functional groups attached to an aromatic ring is 2. The predicted octanol–water partition coefficient (Wildman–Crippen LogP) is 3.81. The zero-order chi connectivity index (χ0) is 16.4. The van der Waals surface area contributed by atoms with E-state index in [9.17, 15) is 9.59 Å². The number of anilines is 2. The van der Waals surface area contributed by atoms with E-state index in [0.717, 1.165) is 0 Å². The third-order valence-electron chi connectivity index (χ3n) is 2.73. The van der Waals surface area contributed by atoms with Gasteiger partial charge in [0, 0.05) is 15.7 Å². The molecule has 0 atom stereocenters. The van der Waals surface area contributed by atoms with Crippen molar-refractivity contribution in [1.82, 2.24) is 0 Å². The molecule has 4 N–H and O–H groups in total. The van der Waals surface area contributed by atoms with Crippen LogP contribution in [0.15, 0.2) is 30.3 Å². The normalized spacial score (nSPS) is 10.3. The molecule has 0 fully saturated rings. The summed E-state index contributed by atoms with van der Waals surface area (Å²) in [5.74, 6) is -1.92. The zero-order valence-electron chi connectivity index (χ0n) is 10.9. The number of hydrogen-bond acceptors (Lipinski definition) is 5. The Hall–Kier alpha value is -1.95. The summed E-state index contributed by atoms with van der Waals surface area (Å²) in [6.45, 7) is 0. The van der Waals surface area contributed by atoms with Crippen LogP contribution in [0.3, 0.4) is 0 Å². The summed E-state index contributed by atoms with van der Waals surface area (Å²) >= 11 is 17.4. The smallest absolute Gasteiger partial charge is 0.348 e. The number of esters is 2. The van der Waals surface area contributed by atoms with Crippen LogP contribution in [0.2, 0.25) is 15.1 Å². The molecule has 114 valence electrons.